The molecule has 8 nitrogen and oxygen atoms in total. The average molecular weight is 447 g/mol. The van der Waals surface area contributed by atoms with Gasteiger partial charge in [0, 0.05) is 10.0 Å². The number of rotatable bonds is 6. The van der Waals surface area contributed by atoms with Gasteiger partial charge in [-0.2, -0.15) is 0 Å². The van der Waals surface area contributed by atoms with E-state index in [0.717, 1.165) is 0 Å². The van der Waals surface area contributed by atoms with Crippen LogP contribution in [0, 0.1) is 0 Å². The molecule has 0 spiro atoms. The smallest absolute Gasteiger partial charge is 0.322 e. The third-order valence-electron chi connectivity index (χ3n) is 3.69. The SMILES string of the molecule is O=C(O)CNC(=O)/C(=C/c1ccc2c(c1)OCO2)NC(=O)c1cccc(Br)c1. The van der Waals surface area contributed by atoms with Gasteiger partial charge in [0.1, 0.15) is 12.2 Å². The molecule has 2 amide bonds. The molecule has 9 heteroatoms. The predicted molar refractivity (Wildman–Crippen MR) is 103 cm³/mol. The van der Waals surface area contributed by atoms with Crippen LogP contribution in [-0.4, -0.2) is 36.2 Å². The second kappa shape index (κ2) is 8.57. The second-order valence-corrected chi connectivity index (χ2v) is 6.63. The summed E-state index contributed by atoms with van der Waals surface area (Å²) in [5, 5.41) is 13.5. The number of aliphatic carboxylic acids is 1. The fraction of sp³-hybridized carbons (Fsp3) is 0.105. The zero-order chi connectivity index (χ0) is 20.1. The first-order valence-corrected chi connectivity index (χ1v) is 8.90. The van der Waals surface area contributed by atoms with Crippen molar-refractivity contribution >= 4 is 39.8 Å². The highest BCUT2D eigenvalue weighted by molar-refractivity contribution is 9.10. The number of nitrogens with one attached hydrogen (secondary N) is 2. The van der Waals surface area contributed by atoms with Gasteiger partial charge in [0.05, 0.1) is 0 Å². The lowest BCUT2D eigenvalue weighted by atomic mass is 10.1. The van der Waals surface area contributed by atoms with Gasteiger partial charge < -0.3 is 25.2 Å². The lowest BCUT2D eigenvalue weighted by Gasteiger charge is -2.11. The van der Waals surface area contributed by atoms with Gasteiger partial charge in [0.15, 0.2) is 11.5 Å². The Labute approximate surface area is 168 Å². The fourth-order valence-corrected chi connectivity index (χ4v) is 2.80. The molecule has 0 bridgehead atoms. The van der Waals surface area contributed by atoms with Crippen LogP contribution in [0.5, 0.6) is 11.5 Å². The molecule has 1 aliphatic heterocycles. The van der Waals surface area contributed by atoms with Crippen molar-refractivity contribution in [1.29, 1.82) is 0 Å². The molecule has 1 heterocycles. The summed E-state index contributed by atoms with van der Waals surface area (Å²) >= 11 is 3.28. The summed E-state index contributed by atoms with van der Waals surface area (Å²) < 4.78 is 11.2. The van der Waals surface area contributed by atoms with E-state index in [1.807, 2.05) is 0 Å². The predicted octanol–water partition coefficient (Wildman–Crippen LogP) is 2.15. The van der Waals surface area contributed by atoms with Crippen molar-refractivity contribution in [2.24, 2.45) is 0 Å². The van der Waals surface area contributed by atoms with Crippen molar-refractivity contribution in [2.45, 2.75) is 0 Å². The first-order valence-electron chi connectivity index (χ1n) is 8.10. The van der Waals surface area contributed by atoms with Gasteiger partial charge in [-0.3, -0.25) is 14.4 Å². The molecule has 0 unspecified atom stereocenters. The van der Waals surface area contributed by atoms with E-state index in [1.54, 1.807) is 42.5 Å². The number of amides is 2. The Bertz CT molecular complexity index is 973. The van der Waals surface area contributed by atoms with Crippen molar-refractivity contribution < 1.29 is 29.0 Å². The lowest BCUT2D eigenvalue weighted by Crippen LogP contribution is -2.37. The summed E-state index contributed by atoms with van der Waals surface area (Å²) in [5.41, 5.74) is 0.793. The van der Waals surface area contributed by atoms with Crippen molar-refractivity contribution in [3.05, 3.63) is 63.8 Å². The van der Waals surface area contributed by atoms with E-state index in [9.17, 15) is 14.4 Å². The molecule has 144 valence electrons. The summed E-state index contributed by atoms with van der Waals surface area (Å²) in [5.74, 6) is -1.36. The highest BCUT2D eigenvalue weighted by Gasteiger charge is 2.17. The van der Waals surface area contributed by atoms with Gasteiger partial charge in [0.2, 0.25) is 6.79 Å². The van der Waals surface area contributed by atoms with Gasteiger partial charge in [-0.25, -0.2) is 0 Å². The van der Waals surface area contributed by atoms with Crippen LogP contribution in [0.1, 0.15) is 15.9 Å². The van der Waals surface area contributed by atoms with Gasteiger partial charge in [-0.15, -0.1) is 0 Å². The molecule has 0 atom stereocenters. The number of ether oxygens (including phenoxy) is 2. The Morgan fingerprint density at radius 2 is 1.89 bits per heavy atom. The van der Waals surface area contributed by atoms with Crippen molar-refractivity contribution in [1.82, 2.24) is 10.6 Å². The highest BCUT2D eigenvalue weighted by Crippen LogP contribution is 2.33. The Balaban J connectivity index is 1.87. The normalized spacial score (nSPS) is 12.4. The number of hydrogen-bond acceptors (Lipinski definition) is 5. The molecule has 3 rings (SSSR count). The third-order valence-corrected chi connectivity index (χ3v) is 4.18. The van der Waals surface area contributed by atoms with Crippen LogP contribution in [0.25, 0.3) is 6.08 Å². The first-order chi connectivity index (χ1) is 13.4. The zero-order valence-electron chi connectivity index (χ0n) is 14.4. The summed E-state index contributed by atoms with van der Waals surface area (Å²) in [6, 6.07) is 11.7. The quantitative estimate of drug-likeness (QED) is 0.585. The number of carboxylic acid groups (broad SMARTS) is 1. The van der Waals surface area contributed by atoms with Gasteiger partial charge in [0.25, 0.3) is 11.8 Å². The van der Waals surface area contributed by atoms with Crippen LogP contribution < -0.4 is 20.1 Å². The standard InChI is InChI=1S/C19H15BrN2O6/c20-13-3-1-2-12(8-13)18(25)22-14(19(26)21-9-17(23)24)6-11-4-5-15-16(7-11)28-10-27-15/h1-8H,9-10H2,(H,21,26)(H,22,25)(H,23,24)/b14-6-. The van der Waals surface area contributed by atoms with Crippen LogP contribution in [0.2, 0.25) is 0 Å². The topological polar surface area (TPSA) is 114 Å². The van der Waals surface area contributed by atoms with E-state index >= 15 is 0 Å². The van der Waals surface area contributed by atoms with E-state index in [-0.39, 0.29) is 12.5 Å². The maximum atomic E-state index is 12.5. The molecular weight excluding hydrogens is 432 g/mol. The van der Waals surface area contributed by atoms with E-state index in [4.69, 9.17) is 14.6 Å². The number of benzene rings is 2. The number of carbonyl (C=O) groups excluding carboxylic acids is 2. The third kappa shape index (κ3) is 4.89. The highest BCUT2D eigenvalue weighted by atomic mass is 79.9. The lowest BCUT2D eigenvalue weighted by molar-refractivity contribution is -0.137. The molecule has 1 aliphatic rings. The van der Waals surface area contributed by atoms with Gasteiger partial charge in [-0.05, 0) is 42.0 Å². The maximum absolute atomic E-state index is 12.5. The summed E-state index contributed by atoms with van der Waals surface area (Å²) in [4.78, 5) is 35.6. The van der Waals surface area contributed by atoms with Crippen LogP contribution >= 0.6 is 15.9 Å². The second-order valence-electron chi connectivity index (χ2n) is 5.71. The minimum absolute atomic E-state index is 0.105. The molecule has 2 aromatic rings. The Morgan fingerprint density at radius 3 is 2.64 bits per heavy atom. The number of carbonyl (C=O) groups is 3. The zero-order valence-corrected chi connectivity index (χ0v) is 16.0. The Morgan fingerprint density at radius 1 is 1.11 bits per heavy atom. The first kappa shape index (κ1) is 19.4. The van der Waals surface area contributed by atoms with Crippen LogP contribution in [0.15, 0.2) is 52.6 Å². The maximum Gasteiger partial charge on any atom is 0.322 e. The molecule has 2 aromatic carbocycles. The summed E-state index contributed by atoms with van der Waals surface area (Å²) in [6.07, 6.45) is 1.43. The molecular formula is C19H15BrN2O6. The average Bonchev–Trinajstić information content (AvgIpc) is 3.13. The molecule has 0 aliphatic carbocycles. The molecule has 0 aromatic heterocycles. The van der Waals surface area contributed by atoms with Gasteiger partial charge in [-0.1, -0.05) is 28.1 Å². The van der Waals surface area contributed by atoms with Crippen LogP contribution in [-0.2, 0) is 9.59 Å². The number of fused-ring (bicyclic) bond motifs is 1. The van der Waals surface area contributed by atoms with Gasteiger partial charge >= 0.3 is 5.97 Å². The van der Waals surface area contributed by atoms with Crippen LogP contribution in [0.3, 0.4) is 0 Å². The van der Waals surface area contributed by atoms with Crippen molar-refractivity contribution in [3.63, 3.8) is 0 Å². The summed E-state index contributed by atoms with van der Waals surface area (Å²) in [7, 11) is 0. The molecule has 28 heavy (non-hydrogen) atoms. The monoisotopic (exact) mass is 446 g/mol. The van der Waals surface area contributed by atoms with Crippen molar-refractivity contribution in [2.75, 3.05) is 13.3 Å². The van der Waals surface area contributed by atoms with E-state index in [2.05, 4.69) is 26.6 Å². The molecule has 3 N–H and O–H groups in total. The minimum Gasteiger partial charge on any atom is -0.480 e. The summed E-state index contributed by atoms with van der Waals surface area (Å²) in [6.45, 7) is -0.474. The van der Waals surface area contributed by atoms with Crippen molar-refractivity contribution in [3.8, 4) is 11.5 Å². The molecule has 0 radical (unpaired) electrons. The fourth-order valence-electron chi connectivity index (χ4n) is 2.40. The minimum atomic E-state index is -1.20. The Hall–Kier alpha value is -3.33. The molecule has 0 fully saturated rings. The van der Waals surface area contributed by atoms with E-state index in [0.29, 0.717) is 27.1 Å². The van der Waals surface area contributed by atoms with E-state index < -0.39 is 24.3 Å². The Kier molecular flexibility index (Phi) is 5.95. The molecule has 0 saturated carbocycles. The number of halogens is 1. The number of carboxylic acids is 1. The van der Waals surface area contributed by atoms with E-state index in [1.165, 1.54) is 6.08 Å². The largest absolute Gasteiger partial charge is 0.480 e. The van der Waals surface area contributed by atoms with Crippen LogP contribution in [0.4, 0.5) is 0 Å². The molecule has 0 saturated heterocycles. The number of hydrogen-bond donors (Lipinski definition) is 3.